The monoisotopic (exact) mass is 251 g/mol. The number of rotatable bonds is 3. The van der Waals surface area contributed by atoms with Gasteiger partial charge < -0.3 is 5.11 Å². The summed E-state index contributed by atoms with van der Waals surface area (Å²) in [4.78, 5) is 4.29. The molecule has 2 nitrogen and oxygen atoms in total. The second-order valence-corrected chi connectivity index (χ2v) is 5.26. The predicted molar refractivity (Wildman–Crippen MR) is 66.5 cm³/mol. The molecule has 17 heavy (non-hydrogen) atoms. The second-order valence-electron chi connectivity index (χ2n) is 4.31. The maximum Gasteiger partial charge on any atom is 0.129 e. The molecule has 0 saturated carbocycles. The van der Waals surface area contributed by atoms with Crippen LogP contribution in [0.25, 0.3) is 0 Å². The Balaban J connectivity index is 2.27. The summed E-state index contributed by atoms with van der Waals surface area (Å²) in [5.41, 5.74) is 0.0116. The standard InChI is InChI=1S/C13H14FNOS/c1-9-8-17-12(15-9)7-13(2,16)10-5-3-4-6-11(10)14/h3-6,8,16H,7H2,1-2H3. The van der Waals surface area contributed by atoms with Crippen LogP contribution in [0.4, 0.5) is 4.39 Å². The molecule has 1 aromatic heterocycles. The fourth-order valence-corrected chi connectivity index (χ4v) is 2.69. The number of nitrogens with zero attached hydrogens (tertiary/aromatic N) is 1. The van der Waals surface area contributed by atoms with Crippen molar-refractivity contribution in [2.45, 2.75) is 25.9 Å². The van der Waals surface area contributed by atoms with Crippen molar-refractivity contribution in [3.63, 3.8) is 0 Å². The lowest BCUT2D eigenvalue weighted by molar-refractivity contribution is 0.0537. The van der Waals surface area contributed by atoms with E-state index in [1.165, 1.54) is 17.4 Å². The highest BCUT2D eigenvalue weighted by atomic mass is 32.1. The van der Waals surface area contributed by atoms with E-state index in [0.29, 0.717) is 12.0 Å². The van der Waals surface area contributed by atoms with Crippen LogP contribution in [-0.2, 0) is 12.0 Å². The summed E-state index contributed by atoms with van der Waals surface area (Å²) in [5, 5.41) is 13.1. The Morgan fingerprint density at radius 2 is 2.12 bits per heavy atom. The van der Waals surface area contributed by atoms with Crippen molar-refractivity contribution in [3.8, 4) is 0 Å². The number of aliphatic hydroxyl groups is 1. The lowest BCUT2D eigenvalue weighted by Gasteiger charge is -2.23. The Labute approximate surface area is 104 Å². The van der Waals surface area contributed by atoms with Crippen LogP contribution in [0.3, 0.4) is 0 Å². The van der Waals surface area contributed by atoms with E-state index in [1.807, 2.05) is 12.3 Å². The molecule has 1 aromatic carbocycles. The number of benzene rings is 1. The molecule has 2 aromatic rings. The summed E-state index contributed by atoms with van der Waals surface area (Å²) in [5.74, 6) is -0.384. The third kappa shape index (κ3) is 2.70. The predicted octanol–water partition coefficient (Wildman–Crippen LogP) is 3.04. The van der Waals surface area contributed by atoms with Gasteiger partial charge in [0.1, 0.15) is 5.82 Å². The molecule has 0 spiro atoms. The molecular weight excluding hydrogens is 237 g/mol. The van der Waals surface area contributed by atoms with Crippen LogP contribution < -0.4 is 0 Å². The van der Waals surface area contributed by atoms with Crippen LogP contribution in [0, 0.1) is 12.7 Å². The molecule has 1 atom stereocenters. The molecule has 1 heterocycles. The molecule has 1 N–H and O–H groups in total. The maximum atomic E-state index is 13.6. The van der Waals surface area contributed by atoms with Gasteiger partial charge in [0.05, 0.1) is 10.6 Å². The highest BCUT2D eigenvalue weighted by Crippen LogP contribution is 2.28. The number of halogens is 1. The van der Waals surface area contributed by atoms with Gasteiger partial charge in [-0.25, -0.2) is 9.37 Å². The maximum absolute atomic E-state index is 13.6. The first-order chi connectivity index (χ1) is 7.99. The molecule has 4 heteroatoms. The van der Waals surface area contributed by atoms with Gasteiger partial charge in [-0.05, 0) is 19.9 Å². The lowest BCUT2D eigenvalue weighted by atomic mass is 9.92. The molecular formula is C13H14FNOS. The molecule has 0 amide bonds. The second kappa shape index (κ2) is 4.55. The fourth-order valence-electron chi connectivity index (χ4n) is 1.77. The Hall–Kier alpha value is -1.26. The fraction of sp³-hybridized carbons (Fsp3) is 0.308. The van der Waals surface area contributed by atoms with Crippen LogP contribution >= 0.6 is 11.3 Å². The minimum absolute atomic E-state index is 0.313. The smallest absolute Gasteiger partial charge is 0.129 e. The third-order valence-corrected chi connectivity index (χ3v) is 3.58. The van der Waals surface area contributed by atoms with Crippen molar-refractivity contribution in [1.82, 2.24) is 4.98 Å². The number of hydrogen-bond acceptors (Lipinski definition) is 3. The summed E-state index contributed by atoms with van der Waals surface area (Å²) in [6, 6.07) is 6.30. The van der Waals surface area contributed by atoms with Gasteiger partial charge in [-0.15, -0.1) is 11.3 Å². The van der Waals surface area contributed by atoms with Crippen molar-refractivity contribution in [3.05, 3.63) is 51.7 Å². The van der Waals surface area contributed by atoms with Crippen molar-refractivity contribution in [1.29, 1.82) is 0 Å². The summed E-state index contributed by atoms with van der Waals surface area (Å²) in [6.45, 7) is 3.51. The van der Waals surface area contributed by atoms with Gasteiger partial charge in [0.25, 0.3) is 0 Å². The Morgan fingerprint density at radius 1 is 1.41 bits per heavy atom. The van der Waals surface area contributed by atoms with E-state index in [1.54, 1.807) is 25.1 Å². The normalized spacial score (nSPS) is 14.6. The molecule has 0 aliphatic heterocycles. The van der Waals surface area contributed by atoms with E-state index in [2.05, 4.69) is 4.98 Å². The molecule has 2 rings (SSSR count). The van der Waals surface area contributed by atoms with Crippen LogP contribution in [0.2, 0.25) is 0 Å². The van der Waals surface area contributed by atoms with Crippen molar-refractivity contribution in [2.75, 3.05) is 0 Å². The number of thiazole rings is 1. The zero-order valence-corrected chi connectivity index (χ0v) is 10.6. The summed E-state index contributed by atoms with van der Waals surface area (Å²) in [7, 11) is 0. The van der Waals surface area contributed by atoms with E-state index in [4.69, 9.17) is 0 Å². The third-order valence-electron chi connectivity index (χ3n) is 2.62. The van der Waals surface area contributed by atoms with Gasteiger partial charge in [-0.1, -0.05) is 18.2 Å². The van der Waals surface area contributed by atoms with Crippen molar-refractivity contribution < 1.29 is 9.50 Å². The minimum atomic E-state index is -1.23. The van der Waals surface area contributed by atoms with Crippen LogP contribution in [0.1, 0.15) is 23.2 Å². The van der Waals surface area contributed by atoms with Gasteiger partial charge in [-0.3, -0.25) is 0 Å². The van der Waals surface area contributed by atoms with E-state index < -0.39 is 5.60 Å². The molecule has 0 aliphatic rings. The van der Waals surface area contributed by atoms with Gasteiger partial charge >= 0.3 is 0 Å². The summed E-state index contributed by atoms with van der Waals surface area (Å²) in [6.07, 6.45) is 0.326. The molecule has 0 radical (unpaired) electrons. The number of hydrogen-bond donors (Lipinski definition) is 1. The topological polar surface area (TPSA) is 33.1 Å². The van der Waals surface area contributed by atoms with E-state index >= 15 is 0 Å². The average Bonchev–Trinajstić information content (AvgIpc) is 2.63. The zero-order valence-electron chi connectivity index (χ0n) is 9.77. The van der Waals surface area contributed by atoms with Crippen molar-refractivity contribution in [2.24, 2.45) is 0 Å². The van der Waals surface area contributed by atoms with E-state index in [0.717, 1.165) is 10.7 Å². The first-order valence-corrected chi connectivity index (χ1v) is 6.25. The van der Waals surface area contributed by atoms with Gasteiger partial charge in [0.15, 0.2) is 0 Å². The molecule has 0 saturated heterocycles. The first kappa shape index (κ1) is 12.2. The summed E-state index contributed by atoms with van der Waals surface area (Å²) < 4.78 is 13.6. The van der Waals surface area contributed by atoms with E-state index in [9.17, 15) is 9.50 Å². The Kier molecular flexibility index (Phi) is 3.26. The lowest BCUT2D eigenvalue weighted by Crippen LogP contribution is -2.25. The molecule has 0 aliphatic carbocycles. The molecule has 0 fully saturated rings. The Bertz CT molecular complexity index is 522. The van der Waals surface area contributed by atoms with Crippen LogP contribution in [0.5, 0.6) is 0 Å². The van der Waals surface area contributed by atoms with Gasteiger partial charge in [0.2, 0.25) is 0 Å². The minimum Gasteiger partial charge on any atom is -0.385 e. The number of aromatic nitrogens is 1. The van der Waals surface area contributed by atoms with Gasteiger partial charge in [0, 0.05) is 23.1 Å². The number of aryl methyl sites for hydroxylation is 1. The molecule has 0 bridgehead atoms. The molecule has 90 valence electrons. The van der Waals surface area contributed by atoms with Crippen molar-refractivity contribution >= 4 is 11.3 Å². The van der Waals surface area contributed by atoms with E-state index in [-0.39, 0.29) is 5.82 Å². The highest BCUT2D eigenvalue weighted by Gasteiger charge is 2.27. The highest BCUT2D eigenvalue weighted by molar-refractivity contribution is 7.09. The average molecular weight is 251 g/mol. The zero-order chi connectivity index (χ0) is 12.5. The Morgan fingerprint density at radius 3 is 2.71 bits per heavy atom. The van der Waals surface area contributed by atoms with Crippen LogP contribution in [0.15, 0.2) is 29.6 Å². The SMILES string of the molecule is Cc1csc(CC(C)(O)c2ccccc2F)n1. The first-order valence-electron chi connectivity index (χ1n) is 5.37. The largest absolute Gasteiger partial charge is 0.385 e. The summed E-state index contributed by atoms with van der Waals surface area (Å²) >= 11 is 1.48. The quantitative estimate of drug-likeness (QED) is 0.909. The van der Waals surface area contributed by atoms with Gasteiger partial charge in [-0.2, -0.15) is 0 Å². The van der Waals surface area contributed by atoms with Crippen LogP contribution in [-0.4, -0.2) is 10.1 Å². The molecule has 1 unspecified atom stereocenters.